The minimum atomic E-state index is -0.454. The summed E-state index contributed by atoms with van der Waals surface area (Å²) < 4.78 is 0. The summed E-state index contributed by atoms with van der Waals surface area (Å²) >= 11 is 6.04. The van der Waals surface area contributed by atoms with E-state index in [9.17, 15) is 10.1 Å². The van der Waals surface area contributed by atoms with Crippen LogP contribution in [0.15, 0.2) is 42.5 Å². The molecule has 1 unspecified atom stereocenters. The second-order valence-electron chi connectivity index (χ2n) is 4.42. The second-order valence-corrected chi connectivity index (χ2v) is 4.83. The molecule has 6 heteroatoms. The first-order valence-electron chi connectivity index (χ1n) is 6.04. The molecule has 2 aromatic rings. The SMILES string of the molecule is CC(Nc1c(Cl)cccc1[N+](=O)[O-])c1ccc(N)cc1. The molecule has 0 saturated heterocycles. The van der Waals surface area contributed by atoms with Gasteiger partial charge < -0.3 is 11.1 Å². The molecule has 2 rings (SSSR count). The highest BCUT2D eigenvalue weighted by molar-refractivity contribution is 6.33. The first kappa shape index (κ1) is 14.1. The highest BCUT2D eigenvalue weighted by Gasteiger charge is 2.18. The van der Waals surface area contributed by atoms with Crippen LogP contribution in [-0.2, 0) is 0 Å². The number of nitro benzene ring substituents is 1. The Morgan fingerprint density at radius 3 is 2.50 bits per heavy atom. The molecule has 0 fully saturated rings. The molecular formula is C14H14ClN3O2. The predicted molar refractivity (Wildman–Crippen MR) is 81.0 cm³/mol. The van der Waals surface area contributed by atoms with Crippen molar-refractivity contribution in [2.24, 2.45) is 0 Å². The second kappa shape index (κ2) is 5.79. The molecule has 0 amide bonds. The number of nitrogen functional groups attached to an aromatic ring is 1. The van der Waals surface area contributed by atoms with E-state index in [1.54, 1.807) is 24.3 Å². The number of anilines is 2. The molecule has 0 heterocycles. The third-order valence-electron chi connectivity index (χ3n) is 2.99. The third-order valence-corrected chi connectivity index (χ3v) is 3.30. The van der Waals surface area contributed by atoms with E-state index in [1.807, 2.05) is 19.1 Å². The van der Waals surface area contributed by atoms with Gasteiger partial charge in [0.2, 0.25) is 0 Å². The van der Waals surface area contributed by atoms with Crippen LogP contribution >= 0.6 is 11.6 Å². The average Bonchev–Trinajstić information content (AvgIpc) is 2.41. The summed E-state index contributed by atoms with van der Waals surface area (Å²) in [5.41, 5.74) is 7.55. The van der Waals surface area contributed by atoms with Gasteiger partial charge >= 0.3 is 0 Å². The Morgan fingerprint density at radius 1 is 1.25 bits per heavy atom. The number of nitrogens with two attached hydrogens (primary N) is 1. The van der Waals surface area contributed by atoms with Crippen molar-refractivity contribution >= 4 is 28.7 Å². The summed E-state index contributed by atoms with van der Waals surface area (Å²) in [7, 11) is 0. The van der Waals surface area contributed by atoms with E-state index in [0.717, 1.165) is 5.56 Å². The normalized spacial score (nSPS) is 11.9. The van der Waals surface area contributed by atoms with Crippen LogP contribution in [0.5, 0.6) is 0 Å². The number of nitrogens with zero attached hydrogens (tertiary/aromatic N) is 1. The standard InChI is InChI=1S/C14H14ClN3O2/c1-9(10-5-7-11(16)8-6-10)17-14-12(15)3-2-4-13(14)18(19)20/h2-9,17H,16H2,1H3. The number of para-hydroxylation sites is 1. The molecule has 2 aromatic carbocycles. The molecule has 1 atom stereocenters. The molecule has 0 aliphatic carbocycles. The number of hydrogen-bond donors (Lipinski definition) is 2. The number of benzene rings is 2. The van der Waals surface area contributed by atoms with Crippen LogP contribution in [0.2, 0.25) is 5.02 Å². The van der Waals surface area contributed by atoms with Crippen molar-refractivity contribution in [3.8, 4) is 0 Å². The van der Waals surface area contributed by atoms with Crippen molar-refractivity contribution in [1.82, 2.24) is 0 Å². The number of rotatable bonds is 4. The molecule has 0 saturated carbocycles. The highest BCUT2D eigenvalue weighted by atomic mass is 35.5. The van der Waals surface area contributed by atoms with Crippen molar-refractivity contribution in [1.29, 1.82) is 0 Å². The Balaban J connectivity index is 2.30. The van der Waals surface area contributed by atoms with Gasteiger partial charge in [0.25, 0.3) is 5.69 Å². The van der Waals surface area contributed by atoms with E-state index in [0.29, 0.717) is 16.4 Å². The summed E-state index contributed by atoms with van der Waals surface area (Å²) in [6, 6.07) is 11.8. The molecule has 104 valence electrons. The largest absolute Gasteiger partial charge is 0.399 e. The summed E-state index contributed by atoms with van der Waals surface area (Å²) in [5.74, 6) is 0. The van der Waals surface area contributed by atoms with E-state index in [4.69, 9.17) is 17.3 Å². The van der Waals surface area contributed by atoms with E-state index in [1.165, 1.54) is 6.07 Å². The zero-order valence-electron chi connectivity index (χ0n) is 10.8. The maximum atomic E-state index is 11.0. The minimum Gasteiger partial charge on any atom is -0.399 e. The smallest absolute Gasteiger partial charge is 0.293 e. The van der Waals surface area contributed by atoms with Crippen LogP contribution in [0.25, 0.3) is 0 Å². The van der Waals surface area contributed by atoms with Crippen molar-refractivity contribution < 1.29 is 4.92 Å². The number of nitro groups is 1. The summed E-state index contributed by atoms with van der Waals surface area (Å²) in [6.45, 7) is 1.90. The Kier molecular flexibility index (Phi) is 4.10. The van der Waals surface area contributed by atoms with Gasteiger partial charge in [-0.1, -0.05) is 29.8 Å². The molecule has 0 aliphatic heterocycles. The summed E-state index contributed by atoms with van der Waals surface area (Å²) in [4.78, 5) is 10.6. The monoisotopic (exact) mass is 291 g/mol. The van der Waals surface area contributed by atoms with E-state index < -0.39 is 4.92 Å². The Morgan fingerprint density at radius 2 is 1.90 bits per heavy atom. The van der Waals surface area contributed by atoms with Gasteiger partial charge in [-0.05, 0) is 30.7 Å². The van der Waals surface area contributed by atoms with Gasteiger partial charge in [0, 0.05) is 17.8 Å². The first-order chi connectivity index (χ1) is 9.49. The minimum absolute atomic E-state index is 0.0419. The van der Waals surface area contributed by atoms with Gasteiger partial charge in [-0.15, -0.1) is 0 Å². The van der Waals surface area contributed by atoms with Crippen LogP contribution in [0, 0.1) is 10.1 Å². The Labute approximate surface area is 121 Å². The first-order valence-corrected chi connectivity index (χ1v) is 6.41. The lowest BCUT2D eigenvalue weighted by atomic mass is 10.1. The van der Waals surface area contributed by atoms with Crippen LogP contribution in [0.4, 0.5) is 17.1 Å². The van der Waals surface area contributed by atoms with Crippen LogP contribution in [0.3, 0.4) is 0 Å². The molecule has 0 aliphatic rings. The number of hydrogen-bond acceptors (Lipinski definition) is 4. The van der Waals surface area contributed by atoms with Crippen LogP contribution < -0.4 is 11.1 Å². The Hall–Kier alpha value is -2.27. The average molecular weight is 292 g/mol. The lowest BCUT2D eigenvalue weighted by molar-refractivity contribution is -0.384. The molecule has 20 heavy (non-hydrogen) atoms. The molecule has 0 spiro atoms. The fourth-order valence-corrected chi connectivity index (χ4v) is 2.12. The third kappa shape index (κ3) is 3.00. The maximum absolute atomic E-state index is 11.0. The summed E-state index contributed by atoms with van der Waals surface area (Å²) in [6.07, 6.45) is 0. The van der Waals surface area contributed by atoms with Gasteiger partial charge in [-0.3, -0.25) is 10.1 Å². The maximum Gasteiger partial charge on any atom is 0.293 e. The molecular weight excluding hydrogens is 278 g/mol. The van der Waals surface area contributed by atoms with Crippen LogP contribution in [0.1, 0.15) is 18.5 Å². The quantitative estimate of drug-likeness (QED) is 0.507. The molecule has 0 radical (unpaired) electrons. The van der Waals surface area contributed by atoms with Gasteiger partial charge in [0.05, 0.1) is 9.95 Å². The van der Waals surface area contributed by atoms with Gasteiger partial charge in [-0.25, -0.2) is 0 Å². The van der Waals surface area contributed by atoms with E-state index in [2.05, 4.69) is 5.32 Å². The van der Waals surface area contributed by atoms with Gasteiger partial charge in [0.15, 0.2) is 0 Å². The number of halogens is 1. The van der Waals surface area contributed by atoms with E-state index in [-0.39, 0.29) is 11.7 Å². The topological polar surface area (TPSA) is 81.2 Å². The zero-order valence-corrected chi connectivity index (χ0v) is 11.6. The fraction of sp³-hybridized carbons (Fsp3) is 0.143. The van der Waals surface area contributed by atoms with Crippen molar-refractivity contribution in [3.05, 3.63) is 63.2 Å². The molecule has 0 aromatic heterocycles. The lowest BCUT2D eigenvalue weighted by Gasteiger charge is -2.16. The number of nitrogens with one attached hydrogen (secondary N) is 1. The molecule has 0 bridgehead atoms. The molecule has 3 N–H and O–H groups in total. The highest BCUT2D eigenvalue weighted by Crippen LogP contribution is 2.34. The van der Waals surface area contributed by atoms with Crippen LogP contribution in [-0.4, -0.2) is 4.92 Å². The van der Waals surface area contributed by atoms with Crippen molar-refractivity contribution in [2.75, 3.05) is 11.1 Å². The fourth-order valence-electron chi connectivity index (χ4n) is 1.89. The zero-order chi connectivity index (χ0) is 14.7. The van der Waals surface area contributed by atoms with Crippen molar-refractivity contribution in [3.63, 3.8) is 0 Å². The van der Waals surface area contributed by atoms with Gasteiger partial charge in [0.1, 0.15) is 5.69 Å². The predicted octanol–water partition coefficient (Wildman–Crippen LogP) is 4.00. The van der Waals surface area contributed by atoms with Gasteiger partial charge in [-0.2, -0.15) is 0 Å². The molecule has 5 nitrogen and oxygen atoms in total. The summed E-state index contributed by atoms with van der Waals surface area (Å²) in [5, 5.41) is 14.4. The Bertz CT molecular complexity index is 629. The lowest BCUT2D eigenvalue weighted by Crippen LogP contribution is -2.09. The van der Waals surface area contributed by atoms with Crippen molar-refractivity contribution in [2.45, 2.75) is 13.0 Å². The van der Waals surface area contributed by atoms with E-state index >= 15 is 0 Å².